The van der Waals surface area contributed by atoms with E-state index in [1.165, 1.54) is 5.56 Å². The predicted octanol–water partition coefficient (Wildman–Crippen LogP) is 5.20. The molecule has 1 aromatic heterocycles. The van der Waals surface area contributed by atoms with Gasteiger partial charge in [0.2, 0.25) is 0 Å². The quantitative estimate of drug-likeness (QED) is 0.369. The highest BCUT2D eigenvalue weighted by molar-refractivity contribution is 5.86. The van der Waals surface area contributed by atoms with E-state index in [0.717, 1.165) is 54.3 Å². The SMILES string of the molecule is CCc1cc([N+](=O)[O-])cc2[nH]c(CCCCc3ccccc3)cc12. The molecule has 2 aromatic carbocycles. The minimum absolute atomic E-state index is 0.164. The van der Waals surface area contributed by atoms with Crippen LogP contribution in [0, 0.1) is 10.1 Å². The third-order valence-corrected chi connectivity index (χ3v) is 4.46. The monoisotopic (exact) mass is 322 g/mol. The predicted molar refractivity (Wildman–Crippen MR) is 97.4 cm³/mol. The summed E-state index contributed by atoms with van der Waals surface area (Å²) < 4.78 is 0. The number of nitrogens with zero attached hydrogens (tertiary/aromatic N) is 1. The molecule has 0 fully saturated rings. The van der Waals surface area contributed by atoms with Crippen LogP contribution in [0.4, 0.5) is 5.69 Å². The van der Waals surface area contributed by atoms with Crippen LogP contribution in [0.1, 0.15) is 36.6 Å². The molecule has 0 radical (unpaired) electrons. The Balaban J connectivity index is 1.68. The van der Waals surface area contributed by atoms with Crippen molar-refractivity contribution in [1.82, 2.24) is 4.98 Å². The van der Waals surface area contributed by atoms with Gasteiger partial charge in [0.15, 0.2) is 0 Å². The summed E-state index contributed by atoms with van der Waals surface area (Å²) in [6.07, 6.45) is 5.10. The highest BCUT2D eigenvalue weighted by atomic mass is 16.6. The molecule has 0 saturated carbocycles. The van der Waals surface area contributed by atoms with Crippen LogP contribution >= 0.6 is 0 Å². The number of nitro groups is 1. The van der Waals surface area contributed by atoms with Gasteiger partial charge in [0.25, 0.3) is 5.69 Å². The summed E-state index contributed by atoms with van der Waals surface area (Å²) in [6, 6.07) is 16.0. The zero-order chi connectivity index (χ0) is 16.9. The molecule has 4 nitrogen and oxygen atoms in total. The second-order valence-corrected chi connectivity index (χ2v) is 6.16. The molecule has 0 atom stereocenters. The summed E-state index contributed by atoms with van der Waals surface area (Å²) in [5, 5.41) is 12.2. The fourth-order valence-corrected chi connectivity index (χ4v) is 3.18. The standard InChI is InChI=1S/C20H22N2O2/c1-2-16-12-18(22(23)24)14-20-19(16)13-17(21-20)11-7-6-10-15-8-4-3-5-9-15/h3-5,8-9,12-14,21H,2,6-7,10-11H2,1H3. The second-order valence-electron chi connectivity index (χ2n) is 6.16. The van der Waals surface area contributed by atoms with Crippen molar-refractivity contribution < 1.29 is 4.92 Å². The number of non-ortho nitro benzene ring substituents is 1. The van der Waals surface area contributed by atoms with Crippen LogP contribution in [-0.2, 0) is 19.3 Å². The molecule has 0 bridgehead atoms. The van der Waals surface area contributed by atoms with Gasteiger partial charge in [-0.05, 0) is 49.3 Å². The number of hydrogen-bond acceptors (Lipinski definition) is 2. The number of H-pyrrole nitrogens is 1. The molecule has 24 heavy (non-hydrogen) atoms. The van der Waals surface area contributed by atoms with Crippen molar-refractivity contribution >= 4 is 16.6 Å². The maximum atomic E-state index is 11.1. The maximum Gasteiger partial charge on any atom is 0.271 e. The fraction of sp³-hybridized carbons (Fsp3) is 0.300. The van der Waals surface area contributed by atoms with Crippen LogP contribution in [0.5, 0.6) is 0 Å². The first-order chi connectivity index (χ1) is 11.7. The topological polar surface area (TPSA) is 58.9 Å². The second kappa shape index (κ2) is 7.30. The Morgan fingerprint density at radius 3 is 2.50 bits per heavy atom. The van der Waals surface area contributed by atoms with E-state index < -0.39 is 0 Å². The van der Waals surface area contributed by atoms with E-state index in [2.05, 4.69) is 35.3 Å². The van der Waals surface area contributed by atoms with E-state index in [1.54, 1.807) is 12.1 Å². The zero-order valence-corrected chi connectivity index (χ0v) is 13.9. The van der Waals surface area contributed by atoms with Crippen LogP contribution in [0.3, 0.4) is 0 Å². The molecular formula is C20H22N2O2. The van der Waals surface area contributed by atoms with E-state index in [9.17, 15) is 10.1 Å². The molecule has 0 aliphatic carbocycles. The number of nitrogens with one attached hydrogen (secondary N) is 1. The number of aryl methyl sites for hydroxylation is 3. The lowest BCUT2D eigenvalue weighted by atomic mass is 10.0. The normalized spacial score (nSPS) is 11.0. The van der Waals surface area contributed by atoms with E-state index in [-0.39, 0.29) is 10.6 Å². The van der Waals surface area contributed by atoms with Gasteiger partial charge >= 0.3 is 0 Å². The van der Waals surface area contributed by atoms with Crippen LogP contribution in [-0.4, -0.2) is 9.91 Å². The van der Waals surface area contributed by atoms with Gasteiger partial charge in [-0.1, -0.05) is 37.3 Å². The number of hydrogen-bond donors (Lipinski definition) is 1. The number of nitro benzene ring substituents is 1. The molecular weight excluding hydrogens is 300 g/mol. The minimum Gasteiger partial charge on any atom is -0.358 e. The summed E-state index contributed by atoms with van der Waals surface area (Å²) >= 11 is 0. The number of unbranched alkanes of at least 4 members (excludes halogenated alkanes) is 1. The minimum atomic E-state index is -0.320. The first kappa shape index (κ1) is 16.2. The molecule has 0 aliphatic rings. The Morgan fingerprint density at radius 2 is 1.79 bits per heavy atom. The van der Waals surface area contributed by atoms with Gasteiger partial charge in [0.1, 0.15) is 0 Å². The summed E-state index contributed by atoms with van der Waals surface area (Å²) in [4.78, 5) is 14.1. The summed E-state index contributed by atoms with van der Waals surface area (Å²) in [5.41, 5.74) is 4.60. The Morgan fingerprint density at radius 1 is 1.04 bits per heavy atom. The maximum absolute atomic E-state index is 11.1. The van der Waals surface area contributed by atoms with Gasteiger partial charge < -0.3 is 4.98 Å². The lowest BCUT2D eigenvalue weighted by Gasteiger charge is -2.00. The number of aromatic nitrogens is 1. The molecule has 3 rings (SSSR count). The molecule has 0 spiro atoms. The van der Waals surface area contributed by atoms with Crippen LogP contribution in [0.15, 0.2) is 48.5 Å². The van der Waals surface area contributed by atoms with Crippen molar-refractivity contribution in [3.05, 3.63) is 75.5 Å². The van der Waals surface area contributed by atoms with Crippen LogP contribution in [0.2, 0.25) is 0 Å². The Bertz CT molecular complexity index is 837. The summed E-state index contributed by atoms with van der Waals surface area (Å²) in [5.74, 6) is 0. The molecule has 3 aromatic rings. The van der Waals surface area contributed by atoms with Gasteiger partial charge in [-0.15, -0.1) is 0 Å². The van der Waals surface area contributed by atoms with Crippen molar-refractivity contribution in [2.75, 3.05) is 0 Å². The van der Waals surface area contributed by atoms with E-state index in [4.69, 9.17) is 0 Å². The van der Waals surface area contributed by atoms with Gasteiger partial charge in [-0.25, -0.2) is 0 Å². The van der Waals surface area contributed by atoms with Gasteiger partial charge in [-0.3, -0.25) is 10.1 Å². The number of aromatic amines is 1. The van der Waals surface area contributed by atoms with Gasteiger partial charge in [-0.2, -0.15) is 0 Å². The molecule has 1 heterocycles. The molecule has 1 N–H and O–H groups in total. The molecule has 0 unspecified atom stereocenters. The average Bonchev–Trinajstić information content (AvgIpc) is 3.01. The van der Waals surface area contributed by atoms with Crippen molar-refractivity contribution in [2.45, 2.75) is 39.0 Å². The molecule has 124 valence electrons. The highest BCUT2D eigenvalue weighted by Crippen LogP contribution is 2.27. The lowest BCUT2D eigenvalue weighted by molar-refractivity contribution is -0.384. The average molecular weight is 322 g/mol. The van der Waals surface area contributed by atoms with Crippen LogP contribution in [0.25, 0.3) is 10.9 Å². The number of rotatable bonds is 7. The summed E-state index contributed by atoms with van der Waals surface area (Å²) in [7, 11) is 0. The number of benzene rings is 2. The fourth-order valence-electron chi connectivity index (χ4n) is 3.18. The summed E-state index contributed by atoms with van der Waals surface area (Å²) in [6.45, 7) is 2.03. The first-order valence-corrected chi connectivity index (χ1v) is 8.50. The molecule has 4 heteroatoms. The van der Waals surface area contributed by atoms with Crippen molar-refractivity contribution in [3.8, 4) is 0 Å². The van der Waals surface area contributed by atoms with Gasteiger partial charge in [0.05, 0.1) is 10.4 Å². The Labute approximate surface area is 141 Å². The zero-order valence-electron chi connectivity index (χ0n) is 13.9. The van der Waals surface area contributed by atoms with Crippen LogP contribution < -0.4 is 0 Å². The third-order valence-electron chi connectivity index (χ3n) is 4.46. The van der Waals surface area contributed by atoms with Gasteiger partial charge in [0, 0.05) is 23.2 Å². The Kier molecular flexibility index (Phi) is 4.94. The van der Waals surface area contributed by atoms with Crippen molar-refractivity contribution in [3.63, 3.8) is 0 Å². The molecule has 0 aliphatic heterocycles. The highest BCUT2D eigenvalue weighted by Gasteiger charge is 2.13. The largest absolute Gasteiger partial charge is 0.358 e. The smallest absolute Gasteiger partial charge is 0.271 e. The lowest BCUT2D eigenvalue weighted by Crippen LogP contribution is -1.90. The van der Waals surface area contributed by atoms with Crippen molar-refractivity contribution in [1.29, 1.82) is 0 Å². The molecule has 0 saturated heterocycles. The number of fused-ring (bicyclic) bond motifs is 1. The van der Waals surface area contributed by atoms with E-state index >= 15 is 0 Å². The first-order valence-electron chi connectivity index (χ1n) is 8.50. The Hall–Kier alpha value is -2.62. The van der Waals surface area contributed by atoms with Crippen molar-refractivity contribution in [2.24, 2.45) is 0 Å². The molecule has 0 amide bonds. The van der Waals surface area contributed by atoms with E-state index in [1.807, 2.05) is 13.0 Å². The third kappa shape index (κ3) is 3.65. The van der Waals surface area contributed by atoms with E-state index in [0.29, 0.717) is 0 Å².